The highest BCUT2D eigenvalue weighted by Crippen LogP contribution is 2.26. The number of rotatable bonds is 5. The van der Waals surface area contributed by atoms with E-state index in [1.807, 2.05) is 92.7 Å². The highest BCUT2D eigenvalue weighted by Gasteiger charge is 2.14. The number of benzene rings is 3. The van der Waals surface area contributed by atoms with Gasteiger partial charge in [0.2, 0.25) is 0 Å². The molecule has 0 aliphatic rings. The van der Waals surface area contributed by atoms with Gasteiger partial charge in [-0.25, -0.2) is 4.98 Å². The predicted octanol–water partition coefficient (Wildman–Crippen LogP) is 5.86. The Morgan fingerprint density at radius 1 is 0.966 bits per heavy atom. The summed E-state index contributed by atoms with van der Waals surface area (Å²) in [5.41, 5.74) is 5.05. The molecular weight excluding hydrogens is 360 g/mol. The zero-order valence-corrected chi connectivity index (χ0v) is 16.5. The van der Waals surface area contributed by atoms with Gasteiger partial charge >= 0.3 is 0 Å². The van der Waals surface area contributed by atoms with E-state index in [0.717, 1.165) is 33.6 Å². The van der Waals surface area contributed by atoms with Gasteiger partial charge < -0.3 is 10.1 Å². The number of carbonyl (C=O) groups excluding carboxylic acids is 1. The molecule has 1 heterocycles. The average molecular weight is 382 g/mol. The molecule has 0 aliphatic heterocycles. The van der Waals surface area contributed by atoms with Gasteiger partial charge in [-0.2, -0.15) is 0 Å². The van der Waals surface area contributed by atoms with Gasteiger partial charge in [0.25, 0.3) is 5.91 Å². The second-order valence-corrected chi connectivity index (χ2v) is 6.85. The summed E-state index contributed by atoms with van der Waals surface area (Å²) in [4.78, 5) is 17.9. The van der Waals surface area contributed by atoms with Crippen LogP contribution in [0.25, 0.3) is 22.2 Å². The van der Waals surface area contributed by atoms with Crippen molar-refractivity contribution >= 4 is 22.5 Å². The Hall–Kier alpha value is -3.66. The lowest BCUT2D eigenvalue weighted by Gasteiger charge is -2.11. The van der Waals surface area contributed by atoms with E-state index in [1.54, 1.807) is 0 Å². The number of nitrogens with zero attached hydrogens (tertiary/aromatic N) is 1. The topological polar surface area (TPSA) is 51.2 Å². The van der Waals surface area contributed by atoms with Gasteiger partial charge in [0.1, 0.15) is 5.75 Å². The fraction of sp³-hybridized carbons (Fsp3) is 0.120. The lowest BCUT2D eigenvalue weighted by molar-refractivity contribution is 0.102. The summed E-state index contributed by atoms with van der Waals surface area (Å²) in [6, 6.07) is 25.1. The number of pyridine rings is 1. The molecule has 1 N–H and O–H groups in total. The van der Waals surface area contributed by atoms with Crippen molar-refractivity contribution in [3.05, 3.63) is 90.0 Å². The number of carbonyl (C=O) groups is 1. The minimum absolute atomic E-state index is 0.166. The quantitative estimate of drug-likeness (QED) is 0.470. The number of fused-ring (bicyclic) bond motifs is 1. The Kier molecular flexibility index (Phi) is 5.25. The van der Waals surface area contributed by atoms with Crippen LogP contribution in [0.5, 0.6) is 5.75 Å². The lowest BCUT2D eigenvalue weighted by Crippen LogP contribution is -2.13. The van der Waals surface area contributed by atoms with Gasteiger partial charge in [-0.05, 0) is 50.2 Å². The van der Waals surface area contributed by atoms with Crippen molar-refractivity contribution in [3.63, 3.8) is 0 Å². The van der Waals surface area contributed by atoms with E-state index in [1.165, 1.54) is 5.56 Å². The third-order valence-electron chi connectivity index (χ3n) is 4.73. The second-order valence-electron chi connectivity index (χ2n) is 6.85. The Morgan fingerprint density at radius 2 is 1.69 bits per heavy atom. The molecule has 0 fully saturated rings. The predicted molar refractivity (Wildman–Crippen MR) is 117 cm³/mol. The molecule has 0 atom stereocenters. The molecule has 1 amide bonds. The maximum atomic E-state index is 13.1. The molecule has 4 rings (SSSR count). The number of para-hydroxylation sites is 1. The summed E-state index contributed by atoms with van der Waals surface area (Å²) in [5.74, 6) is 0.614. The molecule has 29 heavy (non-hydrogen) atoms. The van der Waals surface area contributed by atoms with Crippen LogP contribution in [0.3, 0.4) is 0 Å². The van der Waals surface area contributed by atoms with E-state index < -0.39 is 0 Å². The zero-order chi connectivity index (χ0) is 20.2. The van der Waals surface area contributed by atoms with E-state index in [2.05, 4.69) is 5.32 Å². The van der Waals surface area contributed by atoms with E-state index in [-0.39, 0.29) is 5.91 Å². The molecule has 0 saturated carbocycles. The third kappa shape index (κ3) is 4.11. The Morgan fingerprint density at radius 3 is 2.41 bits per heavy atom. The van der Waals surface area contributed by atoms with Crippen molar-refractivity contribution in [1.29, 1.82) is 0 Å². The summed E-state index contributed by atoms with van der Waals surface area (Å²) >= 11 is 0. The maximum Gasteiger partial charge on any atom is 0.256 e. The van der Waals surface area contributed by atoms with E-state index in [9.17, 15) is 4.79 Å². The van der Waals surface area contributed by atoms with Crippen molar-refractivity contribution in [3.8, 4) is 17.0 Å². The third-order valence-corrected chi connectivity index (χ3v) is 4.73. The molecule has 3 aromatic carbocycles. The van der Waals surface area contributed by atoms with E-state index >= 15 is 0 Å². The van der Waals surface area contributed by atoms with Crippen molar-refractivity contribution in [1.82, 2.24) is 4.98 Å². The standard InChI is InChI=1S/C25H22N2O2/c1-3-29-20-14-12-19(13-15-20)26-25(28)22-16-24(18-10-8-17(2)9-11-18)27-23-7-5-4-6-21(22)23/h4-16H,3H2,1-2H3,(H,26,28). The van der Waals surface area contributed by atoms with Crippen LogP contribution in [0.15, 0.2) is 78.9 Å². The van der Waals surface area contributed by atoms with Gasteiger partial charge in [-0.15, -0.1) is 0 Å². The highest BCUT2D eigenvalue weighted by atomic mass is 16.5. The Bertz CT molecular complexity index is 1150. The first kappa shape index (κ1) is 18.7. The van der Waals surface area contributed by atoms with Gasteiger partial charge in [-0.3, -0.25) is 4.79 Å². The summed E-state index contributed by atoms with van der Waals surface area (Å²) in [6.45, 7) is 4.60. The normalized spacial score (nSPS) is 10.7. The maximum absolute atomic E-state index is 13.1. The molecule has 0 saturated heterocycles. The fourth-order valence-electron chi connectivity index (χ4n) is 3.24. The first-order chi connectivity index (χ1) is 14.1. The van der Waals surface area contributed by atoms with Crippen molar-refractivity contribution in [2.75, 3.05) is 11.9 Å². The first-order valence-corrected chi connectivity index (χ1v) is 9.65. The zero-order valence-electron chi connectivity index (χ0n) is 16.5. The molecule has 4 heteroatoms. The largest absolute Gasteiger partial charge is 0.494 e. The van der Waals surface area contributed by atoms with Crippen LogP contribution in [0.2, 0.25) is 0 Å². The molecule has 1 aromatic heterocycles. The van der Waals surface area contributed by atoms with Crippen LogP contribution in [0.4, 0.5) is 5.69 Å². The minimum Gasteiger partial charge on any atom is -0.494 e. The van der Waals surface area contributed by atoms with Gasteiger partial charge in [0.05, 0.1) is 23.4 Å². The van der Waals surface area contributed by atoms with E-state index in [4.69, 9.17) is 9.72 Å². The van der Waals surface area contributed by atoms with Gasteiger partial charge in [-0.1, -0.05) is 48.0 Å². The number of nitrogens with one attached hydrogen (secondary N) is 1. The summed E-state index contributed by atoms with van der Waals surface area (Å²) in [7, 11) is 0. The molecule has 0 aliphatic carbocycles. The minimum atomic E-state index is -0.166. The molecule has 144 valence electrons. The number of ether oxygens (including phenoxy) is 1. The number of hydrogen-bond acceptors (Lipinski definition) is 3. The summed E-state index contributed by atoms with van der Waals surface area (Å²) in [6.07, 6.45) is 0. The lowest BCUT2D eigenvalue weighted by atomic mass is 10.0. The first-order valence-electron chi connectivity index (χ1n) is 9.65. The second kappa shape index (κ2) is 8.15. The average Bonchev–Trinajstić information content (AvgIpc) is 2.75. The number of aromatic nitrogens is 1. The fourth-order valence-corrected chi connectivity index (χ4v) is 3.24. The molecule has 0 bridgehead atoms. The van der Waals surface area contributed by atoms with Crippen molar-refractivity contribution in [2.45, 2.75) is 13.8 Å². The van der Waals surface area contributed by atoms with Crippen LogP contribution in [-0.4, -0.2) is 17.5 Å². The molecule has 4 aromatic rings. The summed E-state index contributed by atoms with van der Waals surface area (Å²) < 4.78 is 5.46. The SMILES string of the molecule is CCOc1ccc(NC(=O)c2cc(-c3ccc(C)cc3)nc3ccccc23)cc1. The van der Waals surface area contributed by atoms with Crippen molar-refractivity contribution < 1.29 is 9.53 Å². The summed E-state index contributed by atoms with van der Waals surface area (Å²) in [5, 5.41) is 3.81. The molecule has 0 unspecified atom stereocenters. The smallest absolute Gasteiger partial charge is 0.256 e. The number of amides is 1. The monoisotopic (exact) mass is 382 g/mol. The van der Waals surface area contributed by atoms with Gasteiger partial charge in [0.15, 0.2) is 0 Å². The van der Waals surface area contributed by atoms with Crippen LogP contribution < -0.4 is 10.1 Å². The highest BCUT2D eigenvalue weighted by molar-refractivity contribution is 6.13. The molecule has 0 spiro atoms. The van der Waals surface area contributed by atoms with Gasteiger partial charge in [0, 0.05) is 16.6 Å². The Balaban J connectivity index is 1.71. The van der Waals surface area contributed by atoms with Crippen LogP contribution in [-0.2, 0) is 0 Å². The van der Waals surface area contributed by atoms with Crippen LogP contribution in [0.1, 0.15) is 22.8 Å². The Labute approximate surface area is 170 Å². The van der Waals surface area contributed by atoms with Crippen molar-refractivity contribution in [2.24, 2.45) is 0 Å². The van der Waals surface area contributed by atoms with Crippen LogP contribution >= 0.6 is 0 Å². The molecular formula is C25H22N2O2. The van der Waals surface area contributed by atoms with E-state index in [0.29, 0.717) is 12.2 Å². The van der Waals surface area contributed by atoms with Crippen LogP contribution in [0, 0.1) is 6.92 Å². The number of hydrogen-bond donors (Lipinski definition) is 1. The molecule has 0 radical (unpaired) electrons. The molecule has 4 nitrogen and oxygen atoms in total. The number of anilines is 1. The number of aryl methyl sites for hydroxylation is 1.